The zero-order valence-electron chi connectivity index (χ0n) is 11.3. The van der Waals surface area contributed by atoms with Crippen LogP contribution in [0.2, 0.25) is 5.02 Å². The van der Waals surface area contributed by atoms with E-state index in [1.54, 1.807) is 48.5 Å². The Hall–Kier alpha value is -2.79. The first kappa shape index (κ1) is 14.2. The summed E-state index contributed by atoms with van der Waals surface area (Å²) in [6, 6.07) is 14.2. The normalized spacial score (nSPS) is 10.4. The van der Waals surface area contributed by atoms with E-state index in [1.165, 1.54) is 6.07 Å². The third-order valence-corrected chi connectivity index (χ3v) is 3.23. The zero-order chi connectivity index (χ0) is 15.5. The molecule has 22 heavy (non-hydrogen) atoms. The highest BCUT2D eigenvalue weighted by Gasteiger charge is 2.08. The Kier molecular flexibility index (Phi) is 3.80. The molecule has 2 N–H and O–H groups in total. The number of benzene rings is 2. The number of fused-ring (bicyclic) bond motifs is 1. The van der Waals surface area contributed by atoms with Crippen molar-refractivity contribution in [3.05, 3.63) is 69.8 Å². The molecular formula is C16H11ClN2O3. The van der Waals surface area contributed by atoms with Crippen LogP contribution >= 0.6 is 11.6 Å². The van der Waals surface area contributed by atoms with E-state index in [2.05, 4.69) is 10.6 Å². The number of halogens is 1. The van der Waals surface area contributed by atoms with Crippen molar-refractivity contribution in [1.29, 1.82) is 0 Å². The number of amides is 2. The number of nitrogens with one attached hydrogen (secondary N) is 2. The molecule has 110 valence electrons. The molecule has 3 rings (SSSR count). The van der Waals surface area contributed by atoms with Crippen molar-refractivity contribution in [2.45, 2.75) is 0 Å². The lowest BCUT2D eigenvalue weighted by Crippen LogP contribution is -2.20. The summed E-state index contributed by atoms with van der Waals surface area (Å²) in [5.74, 6) is 0.0789. The molecule has 0 atom stereocenters. The molecule has 0 aliphatic carbocycles. The lowest BCUT2D eigenvalue weighted by atomic mass is 10.2. The molecule has 0 fully saturated rings. The van der Waals surface area contributed by atoms with Gasteiger partial charge >= 0.3 is 6.03 Å². The standard InChI is InChI=1S/C16H11ClN2O3/c17-10-5-7-11(8-6-10)18-16(21)19-15-9-13(20)12-3-1-2-4-14(12)22-15/h1-9H,(H2,18,19,21). The average molecular weight is 315 g/mol. The Labute approximate surface area is 130 Å². The number of urea groups is 1. The topological polar surface area (TPSA) is 71.3 Å². The number of carbonyl (C=O) groups is 1. The van der Waals surface area contributed by atoms with Gasteiger partial charge in [0.25, 0.3) is 0 Å². The molecule has 3 aromatic rings. The van der Waals surface area contributed by atoms with Gasteiger partial charge in [0, 0.05) is 16.8 Å². The molecule has 5 nitrogen and oxygen atoms in total. The van der Waals surface area contributed by atoms with Crippen molar-refractivity contribution in [1.82, 2.24) is 0 Å². The van der Waals surface area contributed by atoms with Gasteiger partial charge < -0.3 is 9.73 Å². The van der Waals surface area contributed by atoms with Gasteiger partial charge in [-0.25, -0.2) is 4.79 Å². The van der Waals surface area contributed by atoms with Crippen LogP contribution in [0.5, 0.6) is 0 Å². The van der Waals surface area contributed by atoms with E-state index < -0.39 is 6.03 Å². The van der Waals surface area contributed by atoms with Gasteiger partial charge in [-0.05, 0) is 36.4 Å². The molecule has 2 aromatic carbocycles. The van der Waals surface area contributed by atoms with Crippen LogP contribution in [-0.2, 0) is 0 Å². The van der Waals surface area contributed by atoms with Gasteiger partial charge in [0.15, 0.2) is 5.43 Å². The molecule has 0 aliphatic heterocycles. The van der Waals surface area contributed by atoms with E-state index in [9.17, 15) is 9.59 Å². The summed E-state index contributed by atoms with van der Waals surface area (Å²) < 4.78 is 5.48. The smallest absolute Gasteiger partial charge is 0.326 e. The van der Waals surface area contributed by atoms with Crippen LogP contribution in [0, 0.1) is 0 Å². The summed E-state index contributed by atoms with van der Waals surface area (Å²) in [7, 11) is 0. The molecule has 1 aromatic heterocycles. The summed E-state index contributed by atoms with van der Waals surface area (Å²) in [5.41, 5.74) is 0.769. The molecule has 0 unspecified atom stereocenters. The number of carbonyl (C=O) groups excluding carboxylic acids is 1. The Morgan fingerprint density at radius 1 is 1.00 bits per heavy atom. The minimum atomic E-state index is -0.513. The fourth-order valence-electron chi connectivity index (χ4n) is 1.97. The summed E-state index contributed by atoms with van der Waals surface area (Å²) >= 11 is 5.77. The minimum absolute atomic E-state index is 0.0789. The second-order valence-electron chi connectivity index (χ2n) is 4.56. The van der Waals surface area contributed by atoms with Gasteiger partial charge in [-0.15, -0.1) is 0 Å². The SMILES string of the molecule is O=C(Nc1ccc(Cl)cc1)Nc1cc(=O)c2ccccc2o1. The fourth-order valence-corrected chi connectivity index (χ4v) is 2.10. The van der Waals surface area contributed by atoms with Gasteiger partial charge in [-0.2, -0.15) is 0 Å². The number of hydrogen-bond acceptors (Lipinski definition) is 3. The van der Waals surface area contributed by atoms with Crippen molar-refractivity contribution < 1.29 is 9.21 Å². The molecule has 0 spiro atoms. The van der Waals surface area contributed by atoms with Gasteiger partial charge in [-0.1, -0.05) is 23.7 Å². The van der Waals surface area contributed by atoms with Crippen molar-refractivity contribution >= 4 is 40.2 Å². The fraction of sp³-hybridized carbons (Fsp3) is 0. The lowest BCUT2D eigenvalue weighted by Gasteiger charge is -2.07. The van der Waals surface area contributed by atoms with Crippen molar-refractivity contribution in [2.75, 3.05) is 10.6 Å². The highest BCUT2D eigenvalue weighted by atomic mass is 35.5. The second-order valence-corrected chi connectivity index (χ2v) is 4.99. The Bertz CT molecular complexity index is 888. The van der Waals surface area contributed by atoms with Crippen LogP contribution in [0.3, 0.4) is 0 Å². The lowest BCUT2D eigenvalue weighted by molar-refractivity contribution is 0.261. The molecule has 0 aliphatic rings. The summed E-state index contributed by atoms with van der Waals surface area (Å²) in [6.45, 7) is 0. The maximum absolute atomic E-state index is 11.9. The van der Waals surface area contributed by atoms with E-state index in [1.807, 2.05) is 0 Å². The molecule has 0 radical (unpaired) electrons. The average Bonchev–Trinajstić information content (AvgIpc) is 2.49. The number of anilines is 2. The Morgan fingerprint density at radius 2 is 1.73 bits per heavy atom. The van der Waals surface area contributed by atoms with Crippen LogP contribution in [-0.4, -0.2) is 6.03 Å². The van der Waals surface area contributed by atoms with Crippen LogP contribution in [0.25, 0.3) is 11.0 Å². The predicted molar refractivity (Wildman–Crippen MR) is 86.6 cm³/mol. The first-order chi connectivity index (χ1) is 10.6. The summed E-state index contributed by atoms with van der Waals surface area (Å²) in [4.78, 5) is 23.8. The summed E-state index contributed by atoms with van der Waals surface area (Å²) in [6.07, 6.45) is 0. The number of para-hydroxylation sites is 1. The van der Waals surface area contributed by atoms with Crippen LogP contribution in [0.15, 0.2) is 63.8 Å². The Balaban J connectivity index is 1.79. The number of hydrogen-bond donors (Lipinski definition) is 2. The minimum Gasteiger partial charge on any atom is -0.440 e. The third-order valence-electron chi connectivity index (χ3n) is 2.97. The highest BCUT2D eigenvalue weighted by molar-refractivity contribution is 6.30. The molecule has 6 heteroatoms. The van der Waals surface area contributed by atoms with Crippen LogP contribution in [0.4, 0.5) is 16.4 Å². The van der Waals surface area contributed by atoms with E-state index in [-0.39, 0.29) is 11.3 Å². The molecule has 0 bridgehead atoms. The molecule has 1 heterocycles. The predicted octanol–water partition coefficient (Wildman–Crippen LogP) is 4.09. The zero-order valence-corrected chi connectivity index (χ0v) is 12.1. The van der Waals surface area contributed by atoms with Gasteiger partial charge in [-0.3, -0.25) is 10.1 Å². The van der Waals surface area contributed by atoms with Crippen molar-refractivity contribution in [3.63, 3.8) is 0 Å². The van der Waals surface area contributed by atoms with Crippen molar-refractivity contribution in [3.8, 4) is 0 Å². The van der Waals surface area contributed by atoms with E-state index in [0.29, 0.717) is 21.7 Å². The summed E-state index contributed by atoms with van der Waals surface area (Å²) in [5, 5.41) is 6.14. The first-order valence-electron chi connectivity index (χ1n) is 6.48. The maximum atomic E-state index is 11.9. The van der Waals surface area contributed by atoms with E-state index in [4.69, 9.17) is 16.0 Å². The first-order valence-corrected chi connectivity index (χ1v) is 6.86. The third kappa shape index (κ3) is 3.10. The number of rotatable bonds is 2. The van der Waals surface area contributed by atoms with Gasteiger partial charge in [0.2, 0.25) is 5.88 Å². The van der Waals surface area contributed by atoms with Crippen LogP contribution < -0.4 is 16.1 Å². The van der Waals surface area contributed by atoms with Gasteiger partial charge in [0.05, 0.1) is 5.39 Å². The highest BCUT2D eigenvalue weighted by Crippen LogP contribution is 2.16. The largest absolute Gasteiger partial charge is 0.440 e. The molecule has 2 amide bonds. The monoisotopic (exact) mass is 314 g/mol. The molecule has 0 saturated carbocycles. The second kappa shape index (κ2) is 5.91. The van der Waals surface area contributed by atoms with E-state index in [0.717, 1.165) is 0 Å². The molecular weight excluding hydrogens is 304 g/mol. The maximum Gasteiger partial charge on any atom is 0.326 e. The van der Waals surface area contributed by atoms with Crippen LogP contribution in [0.1, 0.15) is 0 Å². The van der Waals surface area contributed by atoms with E-state index >= 15 is 0 Å². The Morgan fingerprint density at radius 3 is 2.50 bits per heavy atom. The quantitative estimate of drug-likeness (QED) is 0.748. The van der Waals surface area contributed by atoms with Gasteiger partial charge in [0.1, 0.15) is 5.58 Å². The molecule has 0 saturated heterocycles. The van der Waals surface area contributed by atoms with Crippen molar-refractivity contribution in [2.24, 2.45) is 0 Å².